The largest absolute Gasteiger partial charge is 0.349 e. The predicted molar refractivity (Wildman–Crippen MR) is 65.9 cm³/mol. The third-order valence-corrected chi connectivity index (χ3v) is 3.32. The fourth-order valence-electron chi connectivity index (χ4n) is 2.25. The smallest absolute Gasteiger partial charge is 0.257 e. The van der Waals surface area contributed by atoms with Crippen molar-refractivity contribution in [2.24, 2.45) is 5.92 Å². The van der Waals surface area contributed by atoms with Crippen LogP contribution in [0.1, 0.15) is 23.2 Å². The fraction of sp³-hybridized carbons (Fsp3) is 0.583. The molecule has 98 valence electrons. The second-order valence-corrected chi connectivity index (χ2v) is 4.79. The molecular formula is C12H18N4O2. The molecule has 18 heavy (non-hydrogen) atoms. The van der Waals surface area contributed by atoms with E-state index in [0.29, 0.717) is 18.7 Å². The first kappa shape index (κ1) is 12.6. The van der Waals surface area contributed by atoms with Crippen LogP contribution in [0.3, 0.4) is 0 Å². The second-order valence-electron chi connectivity index (χ2n) is 4.79. The van der Waals surface area contributed by atoms with Crippen LogP contribution in [-0.2, 0) is 4.79 Å². The summed E-state index contributed by atoms with van der Waals surface area (Å²) in [6.07, 6.45) is 4.60. The second kappa shape index (κ2) is 5.20. The van der Waals surface area contributed by atoms with Gasteiger partial charge in [-0.25, -0.2) is 0 Å². The number of hydrogen-bond donors (Lipinski definition) is 1. The van der Waals surface area contributed by atoms with Crippen molar-refractivity contribution in [3.63, 3.8) is 0 Å². The van der Waals surface area contributed by atoms with E-state index in [1.54, 1.807) is 30.1 Å². The van der Waals surface area contributed by atoms with Crippen LogP contribution in [0.4, 0.5) is 0 Å². The molecule has 0 aromatic carbocycles. The third kappa shape index (κ3) is 2.52. The molecular weight excluding hydrogens is 232 g/mol. The third-order valence-electron chi connectivity index (χ3n) is 3.32. The minimum absolute atomic E-state index is 0.0143. The Morgan fingerprint density at radius 1 is 1.39 bits per heavy atom. The van der Waals surface area contributed by atoms with Crippen LogP contribution in [0.2, 0.25) is 0 Å². The molecule has 1 N–H and O–H groups in total. The van der Waals surface area contributed by atoms with Gasteiger partial charge in [-0.3, -0.25) is 14.7 Å². The van der Waals surface area contributed by atoms with Crippen molar-refractivity contribution in [3.05, 3.63) is 18.0 Å². The Morgan fingerprint density at radius 2 is 2.06 bits per heavy atom. The van der Waals surface area contributed by atoms with Crippen LogP contribution >= 0.6 is 0 Å². The summed E-state index contributed by atoms with van der Waals surface area (Å²) < 4.78 is 0. The molecule has 0 aliphatic carbocycles. The Bertz CT molecular complexity index is 419. The van der Waals surface area contributed by atoms with E-state index in [1.807, 2.05) is 0 Å². The van der Waals surface area contributed by atoms with Gasteiger partial charge in [0.25, 0.3) is 5.91 Å². The summed E-state index contributed by atoms with van der Waals surface area (Å²) >= 11 is 0. The number of carbonyl (C=O) groups is 2. The molecule has 0 unspecified atom stereocenters. The standard InChI is InChI=1S/C12H18N4O2/c1-15(2)11(17)9-3-5-16(6-4-9)12(18)10-7-13-14-8-10/h7-9H,3-6H2,1-2H3,(H,13,14). The summed E-state index contributed by atoms with van der Waals surface area (Å²) in [6.45, 7) is 1.27. The van der Waals surface area contributed by atoms with Crippen molar-refractivity contribution in [3.8, 4) is 0 Å². The van der Waals surface area contributed by atoms with Gasteiger partial charge in [0.15, 0.2) is 0 Å². The van der Waals surface area contributed by atoms with E-state index >= 15 is 0 Å². The van der Waals surface area contributed by atoms with E-state index in [-0.39, 0.29) is 17.7 Å². The molecule has 0 spiro atoms. The lowest BCUT2D eigenvalue weighted by atomic mass is 9.95. The highest BCUT2D eigenvalue weighted by Gasteiger charge is 2.28. The number of nitrogens with zero attached hydrogens (tertiary/aromatic N) is 3. The topological polar surface area (TPSA) is 69.3 Å². The molecule has 1 aromatic heterocycles. The monoisotopic (exact) mass is 250 g/mol. The highest BCUT2D eigenvalue weighted by Crippen LogP contribution is 2.20. The van der Waals surface area contributed by atoms with Gasteiger partial charge in [-0.2, -0.15) is 5.10 Å². The maximum absolute atomic E-state index is 12.0. The molecule has 2 heterocycles. The zero-order chi connectivity index (χ0) is 13.1. The Morgan fingerprint density at radius 3 is 2.56 bits per heavy atom. The first-order valence-electron chi connectivity index (χ1n) is 6.09. The molecule has 0 atom stereocenters. The molecule has 1 saturated heterocycles. The van der Waals surface area contributed by atoms with Gasteiger partial charge in [0.05, 0.1) is 11.8 Å². The van der Waals surface area contributed by atoms with E-state index < -0.39 is 0 Å². The predicted octanol–water partition coefficient (Wildman–Crippen LogP) is 0.350. The number of nitrogens with one attached hydrogen (secondary N) is 1. The number of amides is 2. The van der Waals surface area contributed by atoms with E-state index in [0.717, 1.165) is 12.8 Å². The van der Waals surface area contributed by atoms with Crippen molar-refractivity contribution >= 4 is 11.8 Å². The molecule has 2 rings (SSSR count). The maximum Gasteiger partial charge on any atom is 0.257 e. The molecule has 2 amide bonds. The number of piperidine rings is 1. The highest BCUT2D eigenvalue weighted by atomic mass is 16.2. The Hall–Kier alpha value is -1.85. The molecule has 1 fully saturated rings. The van der Waals surface area contributed by atoms with Gasteiger partial charge in [-0.1, -0.05) is 0 Å². The molecule has 0 bridgehead atoms. The van der Waals surface area contributed by atoms with Gasteiger partial charge in [0.1, 0.15) is 0 Å². The van der Waals surface area contributed by atoms with E-state index in [9.17, 15) is 9.59 Å². The number of carbonyl (C=O) groups excluding carboxylic acids is 2. The molecule has 1 aliphatic rings. The zero-order valence-corrected chi connectivity index (χ0v) is 10.7. The molecule has 1 aliphatic heterocycles. The average molecular weight is 250 g/mol. The quantitative estimate of drug-likeness (QED) is 0.823. The van der Waals surface area contributed by atoms with Gasteiger partial charge < -0.3 is 9.80 Å². The summed E-state index contributed by atoms with van der Waals surface area (Å²) in [5, 5.41) is 6.40. The van der Waals surface area contributed by atoms with Gasteiger partial charge in [0, 0.05) is 39.3 Å². The summed E-state index contributed by atoms with van der Waals surface area (Å²) in [6, 6.07) is 0. The van der Waals surface area contributed by atoms with E-state index in [2.05, 4.69) is 10.2 Å². The summed E-state index contributed by atoms with van der Waals surface area (Å²) in [5.74, 6) is 0.193. The lowest BCUT2D eigenvalue weighted by Crippen LogP contribution is -2.42. The number of rotatable bonds is 2. The Kier molecular flexibility index (Phi) is 3.64. The lowest BCUT2D eigenvalue weighted by molar-refractivity contribution is -0.134. The molecule has 6 heteroatoms. The molecule has 1 aromatic rings. The highest BCUT2D eigenvalue weighted by molar-refractivity contribution is 5.93. The average Bonchev–Trinajstić information content (AvgIpc) is 2.91. The van der Waals surface area contributed by atoms with E-state index in [4.69, 9.17) is 0 Å². The number of aromatic amines is 1. The Balaban J connectivity index is 1.91. The number of H-pyrrole nitrogens is 1. The van der Waals surface area contributed by atoms with Crippen molar-refractivity contribution in [2.45, 2.75) is 12.8 Å². The number of hydrogen-bond acceptors (Lipinski definition) is 3. The van der Waals surface area contributed by atoms with Crippen molar-refractivity contribution in [1.82, 2.24) is 20.0 Å². The molecule has 0 saturated carbocycles. The van der Waals surface area contributed by atoms with Gasteiger partial charge in [-0.15, -0.1) is 0 Å². The van der Waals surface area contributed by atoms with Gasteiger partial charge >= 0.3 is 0 Å². The maximum atomic E-state index is 12.0. The van der Waals surface area contributed by atoms with Crippen molar-refractivity contribution < 1.29 is 9.59 Å². The lowest BCUT2D eigenvalue weighted by Gasteiger charge is -2.32. The number of likely N-dealkylation sites (tertiary alicyclic amines) is 1. The summed E-state index contributed by atoms with van der Waals surface area (Å²) in [4.78, 5) is 27.3. The summed E-state index contributed by atoms with van der Waals surface area (Å²) in [7, 11) is 3.54. The van der Waals surface area contributed by atoms with Crippen LogP contribution in [-0.4, -0.2) is 59.0 Å². The van der Waals surface area contributed by atoms with Crippen LogP contribution in [0.25, 0.3) is 0 Å². The van der Waals surface area contributed by atoms with Crippen LogP contribution in [0.5, 0.6) is 0 Å². The van der Waals surface area contributed by atoms with E-state index in [1.165, 1.54) is 6.20 Å². The SMILES string of the molecule is CN(C)C(=O)C1CCN(C(=O)c2cn[nH]c2)CC1. The first-order valence-corrected chi connectivity index (χ1v) is 6.09. The van der Waals surface area contributed by atoms with Crippen molar-refractivity contribution in [2.75, 3.05) is 27.2 Å². The normalized spacial score (nSPS) is 16.7. The van der Waals surface area contributed by atoms with Crippen LogP contribution in [0.15, 0.2) is 12.4 Å². The van der Waals surface area contributed by atoms with Crippen LogP contribution < -0.4 is 0 Å². The minimum Gasteiger partial charge on any atom is -0.349 e. The van der Waals surface area contributed by atoms with Crippen molar-refractivity contribution in [1.29, 1.82) is 0 Å². The fourth-order valence-corrected chi connectivity index (χ4v) is 2.25. The molecule has 0 radical (unpaired) electrons. The zero-order valence-electron chi connectivity index (χ0n) is 10.7. The van der Waals surface area contributed by atoms with Crippen LogP contribution in [0, 0.1) is 5.92 Å². The minimum atomic E-state index is -0.0143. The van der Waals surface area contributed by atoms with Gasteiger partial charge in [0.2, 0.25) is 5.91 Å². The summed E-state index contributed by atoms with van der Waals surface area (Å²) in [5.41, 5.74) is 0.576. The Labute approximate surface area is 106 Å². The molecule has 6 nitrogen and oxygen atoms in total. The number of aromatic nitrogens is 2. The first-order chi connectivity index (χ1) is 8.59. The van der Waals surface area contributed by atoms with Gasteiger partial charge in [-0.05, 0) is 12.8 Å².